The van der Waals surface area contributed by atoms with Crippen molar-refractivity contribution in [3.63, 3.8) is 0 Å². The molecule has 0 fully saturated rings. The van der Waals surface area contributed by atoms with E-state index in [1.54, 1.807) is 45.8 Å². The third-order valence-corrected chi connectivity index (χ3v) is 4.31. The Kier molecular flexibility index (Phi) is 7.62. The number of carbonyl (C=O) groups is 4. The molecule has 1 atom stereocenters. The zero-order chi connectivity index (χ0) is 22.4. The normalized spacial score (nSPS) is 17.7. The predicted molar refractivity (Wildman–Crippen MR) is 103 cm³/mol. The minimum Gasteiger partial charge on any atom is -0.462 e. The Morgan fingerprint density at radius 2 is 1.20 bits per heavy atom. The van der Waals surface area contributed by atoms with Gasteiger partial charge in [0.05, 0.1) is 37.6 Å². The molecule has 164 valence electrons. The van der Waals surface area contributed by atoms with Crippen LogP contribution in [0.4, 0.5) is 0 Å². The van der Waals surface area contributed by atoms with Gasteiger partial charge in [-0.05, 0) is 27.7 Å². The molecule has 0 aliphatic carbocycles. The van der Waals surface area contributed by atoms with E-state index in [0.29, 0.717) is 0 Å². The number of hydrogen-bond donors (Lipinski definition) is 0. The zero-order valence-corrected chi connectivity index (χ0v) is 17.7. The molecule has 0 saturated carbocycles. The highest BCUT2D eigenvalue weighted by molar-refractivity contribution is 6.16. The number of likely N-dealkylation sites (N-methyl/N-ethyl adjacent to an activating group) is 1. The highest BCUT2D eigenvalue weighted by atomic mass is 16.5. The van der Waals surface area contributed by atoms with Gasteiger partial charge in [0.25, 0.3) is 0 Å². The lowest BCUT2D eigenvalue weighted by Gasteiger charge is -2.37. The lowest BCUT2D eigenvalue weighted by molar-refractivity contribution is -0.146. The Hall–Kier alpha value is -3.30. The maximum atomic E-state index is 12.9. The molecule has 10 nitrogen and oxygen atoms in total. The van der Waals surface area contributed by atoms with Crippen LogP contribution in [0, 0.1) is 0 Å². The van der Waals surface area contributed by atoms with E-state index in [4.69, 9.17) is 18.9 Å². The van der Waals surface area contributed by atoms with Crippen molar-refractivity contribution in [2.45, 2.75) is 33.9 Å². The third-order valence-electron chi connectivity index (χ3n) is 4.31. The van der Waals surface area contributed by atoms with Gasteiger partial charge in [0.2, 0.25) is 0 Å². The first-order chi connectivity index (χ1) is 14.3. The van der Waals surface area contributed by atoms with Crippen molar-refractivity contribution in [2.75, 3.05) is 33.5 Å². The molecule has 0 spiro atoms. The summed E-state index contributed by atoms with van der Waals surface area (Å²) in [6.45, 7) is 6.46. The molecule has 2 heterocycles. The summed E-state index contributed by atoms with van der Waals surface area (Å²) in [6.07, 6.45) is 2.21. The van der Waals surface area contributed by atoms with Crippen molar-refractivity contribution >= 4 is 23.9 Å². The second kappa shape index (κ2) is 9.95. The van der Waals surface area contributed by atoms with Crippen molar-refractivity contribution in [1.29, 1.82) is 0 Å². The number of esters is 4. The summed E-state index contributed by atoms with van der Waals surface area (Å²) in [4.78, 5) is 54.5. The van der Waals surface area contributed by atoms with Crippen molar-refractivity contribution in [2.24, 2.45) is 0 Å². The minimum absolute atomic E-state index is 0.00818. The Labute approximate surface area is 174 Å². The van der Waals surface area contributed by atoms with E-state index in [0.717, 1.165) is 0 Å². The number of fused-ring (bicyclic) bond motifs is 1. The van der Waals surface area contributed by atoms with E-state index < -0.39 is 35.6 Å². The van der Waals surface area contributed by atoms with Gasteiger partial charge in [0.15, 0.2) is 0 Å². The van der Waals surface area contributed by atoms with Gasteiger partial charge in [-0.2, -0.15) is 0 Å². The second-order valence-corrected chi connectivity index (χ2v) is 6.14. The van der Waals surface area contributed by atoms with Crippen LogP contribution in [-0.4, -0.2) is 73.3 Å². The summed E-state index contributed by atoms with van der Waals surface area (Å²) < 4.78 is 20.5. The molecule has 0 aromatic carbocycles. The third kappa shape index (κ3) is 4.17. The van der Waals surface area contributed by atoms with E-state index >= 15 is 0 Å². The summed E-state index contributed by atoms with van der Waals surface area (Å²) in [5, 5.41) is 0. The minimum atomic E-state index is -0.952. The highest BCUT2D eigenvalue weighted by Gasteiger charge is 2.49. The number of nitrogens with zero attached hydrogens (tertiary/aromatic N) is 2. The van der Waals surface area contributed by atoms with Gasteiger partial charge < -0.3 is 28.7 Å². The Morgan fingerprint density at radius 3 is 1.73 bits per heavy atom. The number of carbonyl (C=O) groups excluding carboxylic acids is 4. The van der Waals surface area contributed by atoms with Crippen LogP contribution in [0.1, 0.15) is 27.7 Å². The summed E-state index contributed by atoms with van der Waals surface area (Å²) in [7, 11) is 1.65. The van der Waals surface area contributed by atoms with Crippen LogP contribution in [0.3, 0.4) is 0 Å². The van der Waals surface area contributed by atoms with Crippen LogP contribution >= 0.6 is 0 Å². The van der Waals surface area contributed by atoms with Gasteiger partial charge in [0.1, 0.15) is 17.4 Å². The fourth-order valence-electron chi connectivity index (χ4n) is 3.23. The molecule has 30 heavy (non-hydrogen) atoms. The summed E-state index contributed by atoms with van der Waals surface area (Å²) in [6, 6.07) is 0. The first kappa shape index (κ1) is 23.0. The molecule has 0 saturated heterocycles. The maximum absolute atomic E-state index is 12.9. The number of rotatable bonds is 8. The van der Waals surface area contributed by atoms with Gasteiger partial charge in [-0.1, -0.05) is 0 Å². The number of ether oxygens (including phenoxy) is 4. The maximum Gasteiger partial charge on any atom is 0.355 e. The van der Waals surface area contributed by atoms with Crippen LogP contribution in [0.2, 0.25) is 0 Å². The number of hydrogen-bond acceptors (Lipinski definition) is 10. The molecule has 0 amide bonds. The monoisotopic (exact) mass is 422 g/mol. The molecule has 0 aromatic heterocycles. The molecule has 2 aliphatic rings. The molecular weight excluding hydrogens is 396 g/mol. The van der Waals surface area contributed by atoms with E-state index in [9.17, 15) is 19.2 Å². The molecule has 0 bridgehead atoms. The summed E-state index contributed by atoms with van der Waals surface area (Å²) >= 11 is 0. The summed E-state index contributed by atoms with van der Waals surface area (Å²) in [5.41, 5.74) is -1.10. The van der Waals surface area contributed by atoms with Crippen LogP contribution in [0.5, 0.6) is 0 Å². The molecular formula is C20H26N2O8. The average Bonchev–Trinajstić information content (AvgIpc) is 3.08. The molecule has 0 aromatic rings. The molecule has 10 heteroatoms. The first-order valence-corrected chi connectivity index (χ1v) is 9.69. The lowest BCUT2D eigenvalue weighted by atomic mass is 9.90. The van der Waals surface area contributed by atoms with E-state index in [1.165, 1.54) is 11.1 Å². The van der Waals surface area contributed by atoms with Crippen molar-refractivity contribution in [3.8, 4) is 0 Å². The standard InChI is InChI=1S/C20H26N2O8/c1-6-27-17(23)12-13(18(24)28-7-2)15(20(26)30-9-4)22-11-10-21(5)16(22)14(12)19(25)29-8-3/h10-11,16H,6-9H2,1-5H3. The summed E-state index contributed by atoms with van der Waals surface area (Å²) in [5.74, 6) is -3.54. The van der Waals surface area contributed by atoms with E-state index in [2.05, 4.69) is 0 Å². The Bertz CT molecular complexity index is 827. The van der Waals surface area contributed by atoms with Gasteiger partial charge >= 0.3 is 23.9 Å². The largest absolute Gasteiger partial charge is 0.462 e. The smallest absolute Gasteiger partial charge is 0.355 e. The predicted octanol–water partition coefficient (Wildman–Crippen LogP) is 0.848. The van der Waals surface area contributed by atoms with Gasteiger partial charge in [-0.25, -0.2) is 19.2 Å². The Balaban J connectivity index is 2.89. The fraction of sp³-hybridized carbons (Fsp3) is 0.500. The molecule has 2 aliphatic heterocycles. The average molecular weight is 422 g/mol. The van der Waals surface area contributed by atoms with E-state index in [-0.39, 0.29) is 43.3 Å². The lowest BCUT2D eigenvalue weighted by Crippen LogP contribution is -2.48. The van der Waals surface area contributed by atoms with Crippen molar-refractivity contribution in [1.82, 2.24) is 9.80 Å². The van der Waals surface area contributed by atoms with Gasteiger partial charge in [0, 0.05) is 19.4 Å². The highest BCUT2D eigenvalue weighted by Crippen LogP contribution is 2.39. The second-order valence-electron chi connectivity index (χ2n) is 6.14. The van der Waals surface area contributed by atoms with Crippen LogP contribution in [-0.2, 0) is 38.1 Å². The SMILES string of the molecule is CCOC(=O)C1=C(C(=O)OCC)C2N(C)C=CN2C(C(=O)OCC)=C1C(=O)OCC. The first-order valence-electron chi connectivity index (χ1n) is 9.69. The molecule has 0 N–H and O–H groups in total. The molecule has 0 radical (unpaired) electrons. The van der Waals surface area contributed by atoms with Crippen LogP contribution in [0.25, 0.3) is 0 Å². The molecule has 1 unspecified atom stereocenters. The van der Waals surface area contributed by atoms with Gasteiger partial charge in [-0.15, -0.1) is 0 Å². The van der Waals surface area contributed by atoms with Crippen LogP contribution < -0.4 is 0 Å². The van der Waals surface area contributed by atoms with Gasteiger partial charge in [-0.3, -0.25) is 0 Å². The van der Waals surface area contributed by atoms with E-state index in [1.807, 2.05) is 0 Å². The fourth-order valence-corrected chi connectivity index (χ4v) is 3.23. The van der Waals surface area contributed by atoms with Crippen LogP contribution in [0.15, 0.2) is 34.8 Å². The van der Waals surface area contributed by atoms with Crippen molar-refractivity contribution in [3.05, 3.63) is 34.8 Å². The van der Waals surface area contributed by atoms with Crippen molar-refractivity contribution < 1.29 is 38.1 Å². The topological polar surface area (TPSA) is 112 Å². The quantitative estimate of drug-likeness (QED) is 0.412. The molecule has 2 rings (SSSR count). The Morgan fingerprint density at radius 1 is 0.733 bits per heavy atom. The zero-order valence-electron chi connectivity index (χ0n) is 17.7.